The van der Waals surface area contributed by atoms with Crippen molar-refractivity contribution >= 4 is 17.5 Å². The number of ether oxygens (including phenoxy) is 2. The van der Waals surface area contributed by atoms with Crippen LogP contribution in [0.2, 0.25) is 5.02 Å². The number of carbonyl (C=O) groups is 1. The van der Waals surface area contributed by atoms with E-state index in [0.29, 0.717) is 28.6 Å². The highest BCUT2D eigenvalue weighted by Crippen LogP contribution is 2.35. The molecule has 22 heavy (non-hydrogen) atoms. The Kier molecular flexibility index (Phi) is 5.27. The maximum atomic E-state index is 12.3. The van der Waals surface area contributed by atoms with Gasteiger partial charge in [0.2, 0.25) is 0 Å². The Morgan fingerprint density at radius 1 is 1.41 bits per heavy atom. The molecule has 1 aromatic heterocycles. The molecule has 0 bridgehead atoms. The lowest BCUT2D eigenvalue weighted by Gasteiger charge is -2.15. The molecule has 1 heterocycles. The van der Waals surface area contributed by atoms with Gasteiger partial charge >= 0.3 is 0 Å². The highest BCUT2D eigenvalue weighted by atomic mass is 35.5. The highest BCUT2D eigenvalue weighted by molar-refractivity contribution is 6.32. The van der Waals surface area contributed by atoms with E-state index in [0.717, 1.165) is 0 Å². The number of aromatic nitrogens is 2. The van der Waals surface area contributed by atoms with Crippen molar-refractivity contribution in [1.82, 2.24) is 15.1 Å². The molecule has 118 valence electrons. The van der Waals surface area contributed by atoms with Crippen LogP contribution in [0.15, 0.2) is 30.6 Å². The van der Waals surface area contributed by atoms with Gasteiger partial charge in [-0.15, -0.1) is 0 Å². The molecule has 0 spiro atoms. The summed E-state index contributed by atoms with van der Waals surface area (Å²) in [6, 6.07) is 4.90. The molecule has 1 amide bonds. The Hall–Kier alpha value is -2.21. The molecule has 0 unspecified atom stereocenters. The number of methoxy groups -OCH3 is 2. The quantitative estimate of drug-likeness (QED) is 0.886. The summed E-state index contributed by atoms with van der Waals surface area (Å²) in [6.07, 6.45) is 3.54. The largest absolute Gasteiger partial charge is 0.493 e. The van der Waals surface area contributed by atoms with Crippen LogP contribution in [0.3, 0.4) is 0 Å². The van der Waals surface area contributed by atoms with Gasteiger partial charge < -0.3 is 14.8 Å². The maximum Gasteiger partial charge on any atom is 0.251 e. The fourth-order valence-electron chi connectivity index (χ4n) is 2.09. The Balaban J connectivity index is 2.10. The molecule has 7 heteroatoms. The molecule has 2 rings (SSSR count). The zero-order chi connectivity index (χ0) is 16.1. The Morgan fingerprint density at radius 2 is 2.18 bits per heavy atom. The van der Waals surface area contributed by atoms with Crippen molar-refractivity contribution < 1.29 is 14.3 Å². The van der Waals surface area contributed by atoms with E-state index in [1.54, 1.807) is 23.0 Å². The van der Waals surface area contributed by atoms with E-state index in [-0.39, 0.29) is 11.9 Å². The van der Waals surface area contributed by atoms with Crippen LogP contribution in [0.4, 0.5) is 0 Å². The fourth-order valence-corrected chi connectivity index (χ4v) is 2.38. The van der Waals surface area contributed by atoms with Crippen LogP contribution in [0.25, 0.3) is 0 Å². The van der Waals surface area contributed by atoms with Crippen molar-refractivity contribution in [3.05, 3.63) is 41.2 Å². The average molecular weight is 324 g/mol. The molecular formula is C15H18ClN3O3. The molecule has 1 N–H and O–H groups in total. The summed E-state index contributed by atoms with van der Waals surface area (Å²) in [5, 5.41) is 7.33. The van der Waals surface area contributed by atoms with Gasteiger partial charge in [0.05, 0.1) is 25.8 Å². The predicted octanol–water partition coefficient (Wildman–Crippen LogP) is 2.37. The van der Waals surface area contributed by atoms with Crippen molar-refractivity contribution in [1.29, 1.82) is 0 Å². The molecule has 2 aromatic rings. The minimum Gasteiger partial charge on any atom is -0.493 e. The summed E-state index contributed by atoms with van der Waals surface area (Å²) in [7, 11) is 2.99. The smallest absolute Gasteiger partial charge is 0.251 e. The van der Waals surface area contributed by atoms with Gasteiger partial charge in [0, 0.05) is 24.0 Å². The molecule has 0 aliphatic heterocycles. The zero-order valence-corrected chi connectivity index (χ0v) is 13.4. The number of nitrogens with one attached hydrogen (secondary N) is 1. The molecule has 1 atom stereocenters. The Morgan fingerprint density at radius 3 is 2.77 bits per heavy atom. The number of halogens is 1. The van der Waals surface area contributed by atoms with E-state index in [4.69, 9.17) is 21.1 Å². The summed E-state index contributed by atoms with van der Waals surface area (Å²) in [5.41, 5.74) is 0.412. The van der Waals surface area contributed by atoms with Gasteiger partial charge in [0.15, 0.2) is 11.5 Å². The normalized spacial score (nSPS) is 11.8. The molecule has 0 fully saturated rings. The second kappa shape index (κ2) is 7.17. The molecule has 0 saturated carbocycles. The number of nitrogens with zero attached hydrogens (tertiary/aromatic N) is 2. The summed E-state index contributed by atoms with van der Waals surface area (Å²) in [4.78, 5) is 12.3. The standard InChI is InChI=1S/C15H18ClN3O3/c1-10(9-19-6-4-5-17-19)18-15(20)11-7-12(16)14(22-3)13(8-11)21-2/h4-8,10H,9H2,1-3H3,(H,18,20)/t10-/m1/s1. The first kappa shape index (κ1) is 16.2. The van der Waals surface area contributed by atoms with Crippen LogP contribution in [0, 0.1) is 0 Å². The minimum atomic E-state index is -0.234. The topological polar surface area (TPSA) is 65.4 Å². The van der Waals surface area contributed by atoms with E-state index in [9.17, 15) is 4.79 Å². The van der Waals surface area contributed by atoms with Crippen LogP contribution in [0.5, 0.6) is 11.5 Å². The number of amides is 1. The van der Waals surface area contributed by atoms with Crippen molar-refractivity contribution in [2.75, 3.05) is 14.2 Å². The number of hydrogen-bond donors (Lipinski definition) is 1. The summed E-state index contributed by atoms with van der Waals surface area (Å²) in [6.45, 7) is 2.49. The van der Waals surface area contributed by atoms with Crippen LogP contribution in [0.1, 0.15) is 17.3 Å². The number of rotatable bonds is 6. The molecule has 0 aliphatic carbocycles. The molecular weight excluding hydrogens is 306 g/mol. The first-order chi connectivity index (χ1) is 10.5. The van der Waals surface area contributed by atoms with Gasteiger partial charge in [-0.1, -0.05) is 11.6 Å². The average Bonchev–Trinajstić information content (AvgIpc) is 2.98. The first-order valence-electron chi connectivity index (χ1n) is 6.75. The first-order valence-corrected chi connectivity index (χ1v) is 7.12. The van der Waals surface area contributed by atoms with Gasteiger partial charge in [0.1, 0.15) is 0 Å². The van der Waals surface area contributed by atoms with Crippen LogP contribution in [-0.2, 0) is 6.54 Å². The fraction of sp³-hybridized carbons (Fsp3) is 0.333. The number of hydrogen-bond acceptors (Lipinski definition) is 4. The second-order valence-electron chi connectivity index (χ2n) is 4.80. The SMILES string of the molecule is COc1cc(C(=O)N[C@H](C)Cn2cccn2)cc(Cl)c1OC. The van der Waals surface area contributed by atoms with Crippen LogP contribution in [-0.4, -0.2) is 35.9 Å². The summed E-state index contributed by atoms with van der Waals surface area (Å²) in [5.74, 6) is 0.590. The van der Waals surface area contributed by atoms with E-state index in [2.05, 4.69) is 10.4 Å². The van der Waals surface area contributed by atoms with E-state index in [1.165, 1.54) is 14.2 Å². The predicted molar refractivity (Wildman–Crippen MR) is 83.7 cm³/mol. The van der Waals surface area contributed by atoms with E-state index < -0.39 is 0 Å². The number of carbonyl (C=O) groups excluding carboxylic acids is 1. The molecule has 0 aliphatic rings. The van der Waals surface area contributed by atoms with E-state index >= 15 is 0 Å². The third-order valence-electron chi connectivity index (χ3n) is 3.09. The van der Waals surface area contributed by atoms with Gasteiger partial charge in [-0.2, -0.15) is 5.10 Å². The van der Waals surface area contributed by atoms with Crippen molar-refractivity contribution in [3.8, 4) is 11.5 Å². The third-order valence-corrected chi connectivity index (χ3v) is 3.37. The molecule has 0 radical (unpaired) electrons. The highest BCUT2D eigenvalue weighted by Gasteiger charge is 2.16. The Bertz CT molecular complexity index is 644. The monoisotopic (exact) mass is 323 g/mol. The second-order valence-corrected chi connectivity index (χ2v) is 5.20. The minimum absolute atomic E-state index is 0.0840. The zero-order valence-electron chi connectivity index (χ0n) is 12.7. The van der Waals surface area contributed by atoms with Crippen molar-refractivity contribution in [2.24, 2.45) is 0 Å². The van der Waals surface area contributed by atoms with Gasteiger partial charge in [-0.25, -0.2) is 0 Å². The van der Waals surface area contributed by atoms with Gasteiger partial charge in [-0.3, -0.25) is 9.48 Å². The number of benzene rings is 1. The third kappa shape index (κ3) is 3.71. The van der Waals surface area contributed by atoms with E-state index in [1.807, 2.05) is 19.2 Å². The van der Waals surface area contributed by atoms with Crippen molar-refractivity contribution in [2.45, 2.75) is 19.5 Å². The van der Waals surface area contributed by atoms with Crippen molar-refractivity contribution in [3.63, 3.8) is 0 Å². The van der Waals surface area contributed by atoms with Gasteiger partial charge in [-0.05, 0) is 25.1 Å². The summed E-state index contributed by atoms with van der Waals surface area (Å²) >= 11 is 6.11. The van der Waals surface area contributed by atoms with Gasteiger partial charge in [0.25, 0.3) is 5.91 Å². The Labute approximate surface area is 134 Å². The maximum absolute atomic E-state index is 12.3. The lowest BCUT2D eigenvalue weighted by Crippen LogP contribution is -2.35. The lowest BCUT2D eigenvalue weighted by atomic mass is 10.1. The molecule has 1 aromatic carbocycles. The van der Waals surface area contributed by atoms with Crippen LogP contribution < -0.4 is 14.8 Å². The molecule has 6 nitrogen and oxygen atoms in total. The molecule has 0 saturated heterocycles. The van der Waals surface area contributed by atoms with Crippen LogP contribution >= 0.6 is 11.6 Å². The lowest BCUT2D eigenvalue weighted by molar-refractivity contribution is 0.0935. The summed E-state index contributed by atoms with van der Waals surface area (Å²) < 4.78 is 12.1.